The van der Waals surface area contributed by atoms with Crippen LogP contribution < -0.4 is 26.0 Å². The molecule has 8 heterocycles. The number of anilines is 4. The molecule has 4 aromatic rings. The number of nitrogens with zero attached hydrogens (tertiary/aromatic N) is 8. The monoisotopic (exact) mass is 844 g/mol. The maximum atomic E-state index is 15.8. The smallest absolute Gasteiger partial charge is 0.263 e. The van der Waals surface area contributed by atoms with Crippen LogP contribution in [0.1, 0.15) is 114 Å². The molecule has 1 aliphatic carbocycles. The van der Waals surface area contributed by atoms with Crippen molar-refractivity contribution in [2.24, 2.45) is 5.92 Å². The molecule has 2 N–H and O–H groups in total. The Balaban J connectivity index is 0.756. The van der Waals surface area contributed by atoms with Gasteiger partial charge in [-0.15, -0.1) is 0 Å². The van der Waals surface area contributed by atoms with Gasteiger partial charge in [-0.05, 0) is 94.5 Å². The third-order valence-electron chi connectivity index (χ3n) is 14.1. The van der Waals surface area contributed by atoms with E-state index in [2.05, 4.69) is 35.3 Å². The number of Topliss-reactive ketones (excluding diaryl/α,β-unsaturated/α-hetero) is 1. The van der Waals surface area contributed by atoms with E-state index in [-0.39, 0.29) is 59.0 Å². The zero-order valence-electron chi connectivity index (χ0n) is 34.9. The van der Waals surface area contributed by atoms with Gasteiger partial charge in [-0.1, -0.05) is 12.8 Å². The molecule has 4 amide bonds. The minimum Gasteiger partial charge on any atom is -0.370 e. The van der Waals surface area contributed by atoms with Crippen LogP contribution in [-0.2, 0) is 9.59 Å². The average molecular weight is 845 g/mol. The van der Waals surface area contributed by atoms with E-state index in [1.54, 1.807) is 17.7 Å². The largest absolute Gasteiger partial charge is 0.370 e. The molecule has 1 saturated carbocycles. The molecule has 62 heavy (non-hydrogen) atoms. The van der Waals surface area contributed by atoms with Crippen LogP contribution >= 0.6 is 0 Å². The summed E-state index contributed by atoms with van der Waals surface area (Å²) >= 11 is 0. The second kappa shape index (κ2) is 15.7. The fourth-order valence-corrected chi connectivity index (χ4v) is 11.0. The molecule has 3 aromatic heterocycles. The lowest BCUT2D eigenvalue weighted by atomic mass is 9.95. The number of carbonyl (C=O) groups excluding carboxylic acids is 5. The number of pyridine rings is 2. The van der Waals surface area contributed by atoms with Gasteiger partial charge in [-0.3, -0.25) is 48.5 Å². The number of halogens is 1. The third-order valence-corrected chi connectivity index (χ3v) is 14.1. The van der Waals surface area contributed by atoms with Crippen molar-refractivity contribution in [2.45, 2.75) is 102 Å². The van der Waals surface area contributed by atoms with E-state index >= 15 is 4.39 Å². The molecule has 5 aliphatic heterocycles. The van der Waals surface area contributed by atoms with Crippen LogP contribution in [-0.4, -0.2) is 110 Å². The van der Waals surface area contributed by atoms with E-state index in [4.69, 9.17) is 4.98 Å². The summed E-state index contributed by atoms with van der Waals surface area (Å²) in [6, 6.07) is 5.61. The average Bonchev–Trinajstić information content (AvgIpc) is 3.93. The predicted molar refractivity (Wildman–Crippen MR) is 227 cm³/mol. The lowest BCUT2D eigenvalue weighted by Crippen LogP contribution is -2.55. The van der Waals surface area contributed by atoms with Crippen molar-refractivity contribution in [1.29, 1.82) is 0 Å². The van der Waals surface area contributed by atoms with Gasteiger partial charge in [0.25, 0.3) is 17.4 Å². The van der Waals surface area contributed by atoms with E-state index in [0.717, 1.165) is 101 Å². The van der Waals surface area contributed by atoms with Gasteiger partial charge in [0.1, 0.15) is 23.3 Å². The number of piperidine rings is 2. The van der Waals surface area contributed by atoms with Crippen molar-refractivity contribution in [1.82, 2.24) is 34.6 Å². The lowest BCUT2D eigenvalue weighted by molar-refractivity contribution is -0.136. The molecule has 5 fully saturated rings. The van der Waals surface area contributed by atoms with Crippen molar-refractivity contribution >= 4 is 63.6 Å². The second-order valence-corrected chi connectivity index (χ2v) is 17.9. The molecule has 2 bridgehead atoms. The van der Waals surface area contributed by atoms with Gasteiger partial charge in [0.2, 0.25) is 17.8 Å². The Kier molecular flexibility index (Phi) is 10.1. The zero-order chi connectivity index (χ0) is 43.0. The van der Waals surface area contributed by atoms with E-state index in [0.29, 0.717) is 40.0 Å². The first-order valence-electron chi connectivity index (χ1n) is 21.9. The summed E-state index contributed by atoms with van der Waals surface area (Å²) in [5.74, 6) is -1.88. The van der Waals surface area contributed by atoms with E-state index < -0.39 is 35.5 Å². The van der Waals surface area contributed by atoms with Crippen LogP contribution in [0.25, 0.3) is 11.0 Å². The van der Waals surface area contributed by atoms with Gasteiger partial charge in [0, 0.05) is 68.9 Å². The van der Waals surface area contributed by atoms with Gasteiger partial charge >= 0.3 is 0 Å². The number of imide groups is 2. The zero-order valence-corrected chi connectivity index (χ0v) is 34.9. The molecule has 0 spiro atoms. The van der Waals surface area contributed by atoms with Crippen LogP contribution in [0, 0.1) is 18.7 Å². The molecule has 6 aliphatic rings. The van der Waals surface area contributed by atoms with Crippen molar-refractivity contribution in [3.8, 4) is 0 Å². The van der Waals surface area contributed by atoms with Crippen LogP contribution in [0.2, 0.25) is 0 Å². The molecule has 17 heteroatoms. The van der Waals surface area contributed by atoms with E-state index in [1.165, 1.54) is 13.0 Å². The van der Waals surface area contributed by atoms with Gasteiger partial charge in [-0.2, -0.15) is 4.98 Å². The highest BCUT2D eigenvalue weighted by Crippen LogP contribution is 2.40. The number of aromatic nitrogens is 4. The van der Waals surface area contributed by atoms with Gasteiger partial charge in [0.05, 0.1) is 34.3 Å². The number of ketones is 1. The number of nitrogens with one attached hydrogen (secondary N) is 2. The summed E-state index contributed by atoms with van der Waals surface area (Å²) in [6.45, 7) is 7.50. The molecule has 4 saturated heterocycles. The Morgan fingerprint density at radius 2 is 1.58 bits per heavy atom. The maximum Gasteiger partial charge on any atom is 0.263 e. The first kappa shape index (κ1) is 40.0. The van der Waals surface area contributed by atoms with E-state index in [1.807, 2.05) is 18.3 Å². The van der Waals surface area contributed by atoms with Gasteiger partial charge < -0.3 is 15.1 Å². The van der Waals surface area contributed by atoms with E-state index in [9.17, 15) is 28.8 Å². The summed E-state index contributed by atoms with van der Waals surface area (Å²) in [5.41, 5.74) is 2.44. The quantitative estimate of drug-likeness (QED) is 0.175. The van der Waals surface area contributed by atoms with Crippen molar-refractivity contribution < 1.29 is 28.4 Å². The molecule has 322 valence electrons. The van der Waals surface area contributed by atoms with Gasteiger partial charge in [-0.25, -0.2) is 14.4 Å². The summed E-state index contributed by atoms with van der Waals surface area (Å²) in [6.07, 6.45) is 11.2. The first-order chi connectivity index (χ1) is 29.9. The maximum absolute atomic E-state index is 15.8. The first-order valence-corrected chi connectivity index (χ1v) is 21.9. The molecule has 10 rings (SSSR count). The number of amides is 4. The number of rotatable bonds is 9. The number of fused-ring (bicyclic) bond motifs is 4. The number of aryl methyl sites for hydroxylation is 1. The molecular formula is C45H49FN10O6. The highest BCUT2D eigenvalue weighted by atomic mass is 19.1. The Morgan fingerprint density at radius 3 is 2.24 bits per heavy atom. The lowest BCUT2D eigenvalue weighted by Gasteiger charge is -2.44. The molecule has 3 unspecified atom stereocenters. The number of likely N-dealkylation sites (tertiary alicyclic amines) is 1. The topological polar surface area (TPSA) is 183 Å². The Hall–Kier alpha value is -6.10. The van der Waals surface area contributed by atoms with Crippen molar-refractivity contribution in [2.75, 3.05) is 47.8 Å². The third kappa shape index (κ3) is 6.90. The van der Waals surface area contributed by atoms with Crippen molar-refractivity contribution in [3.05, 3.63) is 75.1 Å². The summed E-state index contributed by atoms with van der Waals surface area (Å²) in [4.78, 5) is 98.9. The van der Waals surface area contributed by atoms with Gasteiger partial charge in [0.15, 0.2) is 5.78 Å². The van der Waals surface area contributed by atoms with Crippen LogP contribution in [0.3, 0.4) is 0 Å². The molecule has 16 nitrogen and oxygen atoms in total. The van der Waals surface area contributed by atoms with Crippen molar-refractivity contribution in [3.63, 3.8) is 0 Å². The highest BCUT2D eigenvalue weighted by molar-refractivity contribution is 6.23. The summed E-state index contributed by atoms with van der Waals surface area (Å²) in [7, 11) is 0. The fraction of sp³-hybridized carbons (Fsp3) is 0.489. The minimum absolute atomic E-state index is 0.00606. The highest BCUT2D eigenvalue weighted by Gasteiger charge is 2.47. The standard InChI is InChI=1S/C45H49FN10O6/c1-24-33-20-48-45(51-40(33)55(27-5-3-4-6-27)44(62)39(24)25(2)57)49-37-11-9-28(19-47-37)53-15-13-26(14-16-53)21-52-22-29-7-8-30(23-52)54(29)36-18-32-31(17-34(36)46)42(60)56(43(32)61)35-10-12-38(58)50-41(35)59/h9,11,17-20,26-27,29-30,35H,3-8,10,12-16,21-23H2,1-2H3,(H,50,58,59)(H,47,48,49,51). The molecule has 0 radical (unpaired) electrons. The predicted octanol–water partition coefficient (Wildman–Crippen LogP) is 4.67. The normalized spacial score (nSPS) is 23.5. The number of piperazine rings is 1. The molecular weight excluding hydrogens is 796 g/mol. The fourth-order valence-electron chi connectivity index (χ4n) is 11.0. The number of carbonyl (C=O) groups is 5. The second-order valence-electron chi connectivity index (χ2n) is 17.9. The summed E-state index contributed by atoms with van der Waals surface area (Å²) < 4.78 is 17.5. The van der Waals surface area contributed by atoms with Crippen LogP contribution in [0.5, 0.6) is 0 Å². The van der Waals surface area contributed by atoms with Crippen LogP contribution in [0.15, 0.2) is 41.5 Å². The number of benzene rings is 1. The molecule has 3 atom stereocenters. The van der Waals surface area contributed by atoms with Crippen LogP contribution in [0.4, 0.5) is 27.5 Å². The number of hydrogen-bond donors (Lipinski definition) is 2. The Labute approximate surface area is 356 Å². The molecule has 1 aromatic carbocycles. The minimum atomic E-state index is -1.10. The number of hydrogen-bond acceptors (Lipinski definition) is 13. The summed E-state index contributed by atoms with van der Waals surface area (Å²) in [5, 5.41) is 6.11. The SMILES string of the molecule is CC(=O)c1c(C)c2cnc(Nc3ccc(N4CCC(CN5CC6CCC(C5)N6c5cc6c(cc5F)C(=O)N(C5CCC(=O)NC5=O)C6=O)CC4)cn3)nc2n(C2CCCC2)c1=O. The Bertz CT molecular complexity index is 2590. The Morgan fingerprint density at radius 1 is 0.871 bits per heavy atom.